The minimum absolute atomic E-state index is 0.0489. The third-order valence-electron chi connectivity index (χ3n) is 5.96. The van der Waals surface area contributed by atoms with Gasteiger partial charge in [0.1, 0.15) is 23.6 Å². The Hall–Kier alpha value is -4.03. The molecule has 8 nitrogen and oxygen atoms in total. The maximum Gasteiger partial charge on any atom is 0.245 e. The number of nitrogens with two attached hydrogens (primary N) is 1. The van der Waals surface area contributed by atoms with Crippen molar-refractivity contribution in [2.75, 3.05) is 0 Å². The Morgan fingerprint density at radius 2 is 2.09 bits per heavy atom. The number of benzene rings is 2. The van der Waals surface area contributed by atoms with Gasteiger partial charge in [0.2, 0.25) is 11.8 Å². The fourth-order valence-corrected chi connectivity index (χ4v) is 4.17. The van der Waals surface area contributed by atoms with Crippen LogP contribution in [0.3, 0.4) is 0 Å². The van der Waals surface area contributed by atoms with Crippen LogP contribution in [0.2, 0.25) is 5.02 Å². The molecule has 0 saturated heterocycles. The van der Waals surface area contributed by atoms with Crippen LogP contribution in [0.4, 0.5) is 4.39 Å². The SMILES string of the molecule is CC1(Oc2ncnc3c2nc(-c2ccc(CC(N)=O)cc2Cl)n3Cc2cc(F)ccc2C#N)CC1. The Morgan fingerprint density at radius 3 is 2.77 bits per heavy atom. The molecule has 0 radical (unpaired) electrons. The zero-order valence-electron chi connectivity index (χ0n) is 18.8. The largest absolute Gasteiger partial charge is 0.470 e. The molecule has 0 atom stereocenters. The highest BCUT2D eigenvalue weighted by Crippen LogP contribution is 2.41. The first-order chi connectivity index (χ1) is 16.8. The zero-order chi connectivity index (χ0) is 24.7. The number of hydrogen-bond donors (Lipinski definition) is 1. The van der Waals surface area contributed by atoms with Gasteiger partial charge in [0.05, 0.1) is 29.6 Å². The fourth-order valence-electron chi connectivity index (χ4n) is 3.88. The summed E-state index contributed by atoms with van der Waals surface area (Å²) >= 11 is 6.60. The number of fused-ring (bicyclic) bond motifs is 1. The highest BCUT2D eigenvalue weighted by Gasteiger charge is 2.41. The first kappa shape index (κ1) is 22.7. The van der Waals surface area contributed by atoms with E-state index in [2.05, 4.69) is 16.0 Å². The van der Waals surface area contributed by atoms with E-state index in [0.717, 1.165) is 12.8 Å². The van der Waals surface area contributed by atoms with E-state index in [-0.39, 0.29) is 18.6 Å². The maximum absolute atomic E-state index is 14.1. The van der Waals surface area contributed by atoms with E-state index in [1.807, 2.05) is 6.92 Å². The minimum Gasteiger partial charge on any atom is -0.470 e. The molecule has 0 spiro atoms. The summed E-state index contributed by atoms with van der Waals surface area (Å²) in [5, 5.41) is 9.91. The molecule has 0 bridgehead atoms. The highest BCUT2D eigenvalue weighted by atomic mass is 35.5. The average Bonchev–Trinajstić information content (AvgIpc) is 3.42. The van der Waals surface area contributed by atoms with Crippen molar-refractivity contribution in [2.24, 2.45) is 5.73 Å². The summed E-state index contributed by atoms with van der Waals surface area (Å²) in [4.78, 5) is 24.8. The second-order valence-electron chi connectivity index (χ2n) is 8.80. The predicted octanol–water partition coefficient (Wildman–Crippen LogP) is 4.16. The van der Waals surface area contributed by atoms with Crippen LogP contribution >= 0.6 is 11.6 Å². The molecular formula is C25H20ClFN6O2. The van der Waals surface area contributed by atoms with Crippen LogP contribution in [0.5, 0.6) is 5.88 Å². The summed E-state index contributed by atoms with van der Waals surface area (Å²) in [5.41, 5.74) is 7.93. The summed E-state index contributed by atoms with van der Waals surface area (Å²) in [5.74, 6) is -0.146. The summed E-state index contributed by atoms with van der Waals surface area (Å²) in [6, 6.07) is 11.2. The molecule has 5 rings (SSSR count). The van der Waals surface area contributed by atoms with Crippen LogP contribution in [0.15, 0.2) is 42.7 Å². The van der Waals surface area contributed by atoms with Crippen molar-refractivity contribution < 1.29 is 13.9 Å². The summed E-state index contributed by atoms with van der Waals surface area (Å²) in [6.07, 6.45) is 3.26. The number of rotatable bonds is 7. The van der Waals surface area contributed by atoms with Gasteiger partial charge < -0.3 is 15.0 Å². The number of imidazole rings is 1. The van der Waals surface area contributed by atoms with Crippen LogP contribution in [0.25, 0.3) is 22.6 Å². The molecule has 0 aliphatic heterocycles. The summed E-state index contributed by atoms with van der Waals surface area (Å²) in [6.45, 7) is 2.11. The Balaban J connectivity index is 1.69. The van der Waals surface area contributed by atoms with Gasteiger partial charge in [-0.1, -0.05) is 17.7 Å². The van der Waals surface area contributed by atoms with E-state index in [1.54, 1.807) is 22.8 Å². The topological polar surface area (TPSA) is 120 Å². The monoisotopic (exact) mass is 490 g/mol. The molecule has 176 valence electrons. The molecule has 1 aliphatic rings. The van der Waals surface area contributed by atoms with Gasteiger partial charge in [-0.2, -0.15) is 10.2 Å². The second-order valence-corrected chi connectivity index (χ2v) is 9.20. The first-order valence-corrected chi connectivity index (χ1v) is 11.3. The number of nitrogens with zero attached hydrogens (tertiary/aromatic N) is 5. The molecule has 35 heavy (non-hydrogen) atoms. The first-order valence-electron chi connectivity index (χ1n) is 10.9. The number of ether oxygens (including phenoxy) is 1. The highest BCUT2D eigenvalue weighted by molar-refractivity contribution is 6.33. The molecule has 10 heteroatoms. The van der Waals surface area contributed by atoms with Crippen molar-refractivity contribution >= 4 is 28.7 Å². The lowest BCUT2D eigenvalue weighted by Crippen LogP contribution is -2.13. The van der Waals surface area contributed by atoms with Gasteiger partial charge in [-0.15, -0.1) is 0 Å². The van der Waals surface area contributed by atoms with Gasteiger partial charge >= 0.3 is 0 Å². The van der Waals surface area contributed by atoms with Crippen molar-refractivity contribution in [1.29, 1.82) is 5.26 Å². The average molecular weight is 491 g/mol. The van der Waals surface area contributed by atoms with E-state index in [4.69, 9.17) is 27.1 Å². The second kappa shape index (κ2) is 8.64. The quantitative estimate of drug-likeness (QED) is 0.415. The number of hydrogen-bond acceptors (Lipinski definition) is 6. The third-order valence-corrected chi connectivity index (χ3v) is 6.28. The smallest absolute Gasteiger partial charge is 0.245 e. The minimum atomic E-state index is -0.471. The van der Waals surface area contributed by atoms with E-state index in [0.29, 0.717) is 50.1 Å². The Morgan fingerprint density at radius 1 is 1.29 bits per heavy atom. The van der Waals surface area contributed by atoms with Gasteiger partial charge in [-0.05, 0) is 61.2 Å². The molecule has 1 aliphatic carbocycles. The number of primary amides is 1. The van der Waals surface area contributed by atoms with Crippen molar-refractivity contribution in [2.45, 2.75) is 38.3 Å². The Kier molecular flexibility index (Phi) is 5.61. The standard InChI is InChI=1S/C25H20ClFN6O2/c1-25(6-7-25)35-24-21-23(30-13-31-24)33(12-16-10-17(27)4-3-15(16)11-28)22(32-21)18-5-2-14(8-19(18)26)9-20(29)34/h2-5,8,10,13H,6-7,9,12H2,1H3,(H2,29,34). The van der Waals surface area contributed by atoms with Crippen LogP contribution in [0.1, 0.15) is 36.5 Å². The lowest BCUT2D eigenvalue weighted by molar-refractivity contribution is -0.117. The lowest BCUT2D eigenvalue weighted by atomic mass is 10.1. The van der Waals surface area contributed by atoms with Crippen molar-refractivity contribution in [3.05, 3.63) is 70.3 Å². The van der Waals surface area contributed by atoms with E-state index in [9.17, 15) is 14.4 Å². The molecule has 1 amide bonds. The molecule has 2 aromatic carbocycles. The summed E-state index contributed by atoms with van der Waals surface area (Å²) < 4.78 is 21.9. The van der Waals surface area contributed by atoms with E-state index in [1.165, 1.54) is 24.5 Å². The van der Waals surface area contributed by atoms with E-state index < -0.39 is 11.7 Å². The van der Waals surface area contributed by atoms with Crippen LogP contribution in [0, 0.1) is 17.1 Å². The lowest BCUT2D eigenvalue weighted by Gasteiger charge is -2.13. The normalized spacial score (nSPS) is 14.0. The maximum atomic E-state index is 14.1. The molecule has 2 N–H and O–H groups in total. The number of nitriles is 1. The predicted molar refractivity (Wildman–Crippen MR) is 127 cm³/mol. The summed E-state index contributed by atoms with van der Waals surface area (Å²) in [7, 11) is 0. The van der Waals surface area contributed by atoms with Crippen LogP contribution in [-0.2, 0) is 17.8 Å². The zero-order valence-corrected chi connectivity index (χ0v) is 19.5. The van der Waals surface area contributed by atoms with E-state index >= 15 is 0 Å². The molecular weight excluding hydrogens is 471 g/mol. The van der Waals surface area contributed by atoms with Gasteiger partial charge in [0.15, 0.2) is 11.2 Å². The number of amides is 1. The number of carbonyl (C=O) groups is 1. The van der Waals surface area contributed by atoms with Gasteiger partial charge in [0, 0.05) is 5.56 Å². The molecule has 2 heterocycles. The van der Waals surface area contributed by atoms with Crippen molar-refractivity contribution in [3.8, 4) is 23.3 Å². The van der Waals surface area contributed by atoms with Crippen LogP contribution in [-0.4, -0.2) is 31.0 Å². The molecule has 1 saturated carbocycles. The van der Waals surface area contributed by atoms with Crippen molar-refractivity contribution in [3.63, 3.8) is 0 Å². The van der Waals surface area contributed by atoms with Gasteiger partial charge in [-0.25, -0.2) is 14.4 Å². The number of carbonyl (C=O) groups excluding carboxylic acids is 1. The van der Waals surface area contributed by atoms with Crippen molar-refractivity contribution in [1.82, 2.24) is 19.5 Å². The Bertz CT molecular complexity index is 1520. The molecule has 2 aromatic heterocycles. The van der Waals surface area contributed by atoms with Gasteiger partial charge in [0.25, 0.3) is 0 Å². The van der Waals surface area contributed by atoms with Gasteiger partial charge in [-0.3, -0.25) is 4.79 Å². The van der Waals surface area contributed by atoms with Crippen LogP contribution < -0.4 is 10.5 Å². The fraction of sp³-hybridized carbons (Fsp3) is 0.240. The third kappa shape index (κ3) is 4.53. The molecule has 1 fully saturated rings. The Labute approximate surface area is 205 Å². The number of halogens is 2. The molecule has 0 unspecified atom stereocenters. The molecule has 4 aromatic rings. The number of aromatic nitrogens is 4.